The third-order valence-corrected chi connectivity index (χ3v) is 4.98. The van der Waals surface area contributed by atoms with Crippen molar-refractivity contribution in [1.29, 1.82) is 0 Å². The molecule has 0 saturated heterocycles. The van der Waals surface area contributed by atoms with Crippen molar-refractivity contribution in [2.24, 2.45) is 29.0 Å². The molecule has 0 amide bonds. The van der Waals surface area contributed by atoms with Gasteiger partial charge >= 0.3 is 17.9 Å². The molecule has 6 N–H and O–H groups in total. The average Bonchev–Trinajstić information content (AvgIpc) is 2.77. The monoisotopic (exact) mass is 445 g/mol. The zero-order valence-electron chi connectivity index (χ0n) is 19.1. The fourth-order valence-corrected chi connectivity index (χ4v) is 3.16. The predicted octanol–water partition coefficient (Wildman–Crippen LogP) is 1.65. The lowest BCUT2D eigenvalue weighted by molar-refractivity contribution is -0.150. The van der Waals surface area contributed by atoms with Crippen LogP contribution in [0.4, 0.5) is 0 Å². The van der Waals surface area contributed by atoms with Gasteiger partial charge in [-0.25, -0.2) is 0 Å². The number of nitrogens with two attached hydrogens (primary N) is 3. The van der Waals surface area contributed by atoms with E-state index >= 15 is 0 Å². The van der Waals surface area contributed by atoms with E-state index in [1.54, 1.807) is 0 Å². The van der Waals surface area contributed by atoms with Gasteiger partial charge in [0.2, 0.25) is 0 Å². The van der Waals surface area contributed by atoms with Crippen molar-refractivity contribution in [2.75, 3.05) is 39.5 Å². The molecule has 0 saturated carbocycles. The van der Waals surface area contributed by atoms with Crippen LogP contribution in [0.2, 0.25) is 0 Å². The van der Waals surface area contributed by atoms with E-state index in [4.69, 9.17) is 31.4 Å². The van der Waals surface area contributed by atoms with Crippen LogP contribution in [0.1, 0.15) is 71.1 Å². The van der Waals surface area contributed by atoms with Crippen LogP contribution in [0.3, 0.4) is 0 Å². The minimum atomic E-state index is -0.344. The summed E-state index contributed by atoms with van der Waals surface area (Å²) in [7, 11) is 0. The van der Waals surface area contributed by atoms with E-state index in [2.05, 4.69) is 0 Å². The van der Waals surface area contributed by atoms with Crippen LogP contribution in [0, 0.1) is 11.8 Å². The molecule has 0 aliphatic carbocycles. The van der Waals surface area contributed by atoms with Crippen molar-refractivity contribution in [1.82, 2.24) is 0 Å². The van der Waals surface area contributed by atoms with Crippen LogP contribution in [-0.2, 0) is 28.6 Å². The molecule has 9 heteroatoms. The average molecular weight is 446 g/mol. The van der Waals surface area contributed by atoms with E-state index in [0.717, 1.165) is 44.9 Å². The van der Waals surface area contributed by atoms with Crippen LogP contribution in [0.25, 0.3) is 0 Å². The summed E-state index contributed by atoms with van der Waals surface area (Å²) in [4.78, 5) is 35.6. The van der Waals surface area contributed by atoms with Gasteiger partial charge in [0.15, 0.2) is 0 Å². The molecule has 0 aliphatic rings. The summed E-state index contributed by atoms with van der Waals surface area (Å²) in [6.45, 7) is 3.45. The molecule has 0 fully saturated rings. The molecule has 0 aromatic rings. The molecule has 9 nitrogen and oxygen atoms in total. The van der Waals surface area contributed by atoms with Crippen molar-refractivity contribution < 1.29 is 28.6 Å². The Morgan fingerprint density at radius 3 is 1.71 bits per heavy atom. The first-order chi connectivity index (χ1) is 15.0. The second-order valence-electron chi connectivity index (χ2n) is 7.76. The number of rotatable bonds is 20. The molecule has 0 bridgehead atoms. The molecule has 0 heterocycles. The first-order valence-corrected chi connectivity index (χ1v) is 11.5. The first kappa shape index (κ1) is 29.3. The Hall–Kier alpha value is -1.71. The van der Waals surface area contributed by atoms with E-state index in [0.29, 0.717) is 19.4 Å². The zero-order valence-corrected chi connectivity index (χ0v) is 19.1. The van der Waals surface area contributed by atoms with Gasteiger partial charge in [-0.3, -0.25) is 14.4 Å². The summed E-state index contributed by atoms with van der Waals surface area (Å²) >= 11 is 0. The highest BCUT2D eigenvalue weighted by atomic mass is 16.5. The molecule has 0 radical (unpaired) electrons. The third-order valence-electron chi connectivity index (χ3n) is 4.98. The van der Waals surface area contributed by atoms with Gasteiger partial charge in [-0.2, -0.15) is 0 Å². The number of esters is 3. The van der Waals surface area contributed by atoms with Crippen molar-refractivity contribution in [3.05, 3.63) is 0 Å². The number of carbonyl (C=O) groups is 3. The number of ether oxygens (including phenoxy) is 3. The lowest BCUT2D eigenvalue weighted by Gasteiger charge is -2.15. The Balaban J connectivity index is 4.02. The standard InChI is InChI=1S/C22H43N3O6/c1-18(21(27)30-16-13-24)8-6-4-2-3-5-7-9-19(22(28)31-17-14-25)10-11-20(26)29-15-12-23/h18-19H,2-17,23-25H2,1H3. The molecule has 0 rings (SSSR count). The smallest absolute Gasteiger partial charge is 0.308 e. The minimum Gasteiger partial charge on any atom is -0.464 e. The van der Waals surface area contributed by atoms with Crippen molar-refractivity contribution in [3.8, 4) is 0 Å². The maximum atomic E-state index is 12.2. The lowest BCUT2D eigenvalue weighted by atomic mass is 9.95. The molecular weight excluding hydrogens is 402 g/mol. The van der Waals surface area contributed by atoms with Gasteiger partial charge < -0.3 is 31.4 Å². The molecule has 2 atom stereocenters. The Morgan fingerprint density at radius 1 is 0.645 bits per heavy atom. The summed E-state index contributed by atoms with van der Waals surface area (Å²) < 4.78 is 15.2. The van der Waals surface area contributed by atoms with Gasteiger partial charge in [0, 0.05) is 26.1 Å². The minimum absolute atomic E-state index is 0.0941. The molecule has 31 heavy (non-hydrogen) atoms. The Bertz CT molecular complexity index is 490. The van der Waals surface area contributed by atoms with Crippen LogP contribution in [0.5, 0.6) is 0 Å². The van der Waals surface area contributed by atoms with Crippen molar-refractivity contribution in [3.63, 3.8) is 0 Å². The Kier molecular flexibility index (Phi) is 19.1. The Labute approximate surface area is 186 Å². The summed E-state index contributed by atoms with van der Waals surface area (Å²) in [6, 6.07) is 0. The molecule has 2 unspecified atom stereocenters. The molecule has 0 spiro atoms. The lowest BCUT2D eigenvalue weighted by Crippen LogP contribution is -2.23. The van der Waals surface area contributed by atoms with Gasteiger partial charge in [-0.1, -0.05) is 45.4 Å². The SMILES string of the molecule is CC(CCCCCCCCC(CCC(=O)OCCN)C(=O)OCCN)C(=O)OCCN. The molecule has 0 aliphatic heterocycles. The highest BCUT2D eigenvalue weighted by Crippen LogP contribution is 2.20. The number of hydrogen-bond acceptors (Lipinski definition) is 9. The second kappa shape index (κ2) is 20.2. The number of unbranched alkanes of at least 4 members (excludes halogenated alkanes) is 5. The van der Waals surface area contributed by atoms with E-state index in [-0.39, 0.29) is 69.1 Å². The van der Waals surface area contributed by atoms with Crippen LogP contribution < -0.4 is 17.2 Å². The van der Waals surface area contributed by atoms with Gasteiger partial charge in [0.05, 0.1) is 11.8 Å². The summed E-state index contributed by atoms with van der Waals surface area (Å²) in [5.74, 6) is -1.23. The number of hydrogen-bond donors (Lipinski definition) is 3. The Morgan fingerprint density at radius 2 is 1.13 bits per heavy atom. The van der Waals surface area contributed by atoms with Gasteiger partial charge in [0.25, 0.3) is 0 Å². The summed E-state index contributed by atoms with van der Waals surface area (Å²) in [5.41, 5.74) is 16.0. The maximum Gasteiger partial charge on any atom is 0.308 e. The van der Waals surface area contributed by atoms with Crippen LogP contribution in [-0.4, -0.2) is 57.4 Å². The predicted molar refractivity (Wildman–Crippen MR) is 119 cm³/mol. The fraction of sp³-hybridized carbons (Fsp3) is 0.864. The molecule has 0 aromatic heterocycles. The topological polar surface area (TPSA) is 157 Å². The highest BCUT2D eigenvalue weighted by Gasteiger charge is 2.21. The second-order valence-corrected chi connectivity index (χ2v) is 7.76. The van der Waals surface area contributed by atoms with Gasteiger partial charge in [-0.05, 0) is 19.3 Å². The summed E-state index contributed by atoms with van der Waals surface area (Å²) in [6.07, 6.45) is 8.17. The molecule has 182 valence electrons. The normalized spacial score (nSPS) is 12.8. The van der Waals surface area contributed by atoms with Crippen molar-refractivity contribution >= 4 is 17.9 Å². The largest absolute Gasteiger partial charge is 0.464 e. The fourth-order valence-electron chi connectivity index (χ4n) is 3.16. The van der Waals surface area contributed by atoms with E-state index < -0.39 is 0 Å². The van der Waals surface area contributed by atoms with E-state index in [1.165, 1.54) is 0 Å². The zero-order chi connectivity index (χ0) is 23.3. The van der Waals surface area contributed by atoms with Gasteiger partial charge in [0.1, 0.15) is 19.8 Å². The maximum absolute atomic E-state index is 12.2. The van der Waals surface area contributed by atoms with E-state index in [1.807, 2.05) is 6.92 Å². The quantitative estimate of drug-likeness (QED) is 0.144. The summed E-state index contributed by atoms with van der Waals surface area (Å²) in [5, 5.41) is 0. The van der Waals surface area contributed by atoms with Crippen molar-refractivity contribution in [2.45, 2.75) is 71.1 Å². The third kappa shape index (κ3) is 16.6. The first-order valence-electron chi connectivity index (χ1n) is 11.5. The molecular formula is C22H43N3O6. The van der Waals surface area contributed by atoms with E-state index in [9.17, 15) is 14.4 Å². The van der Waals surface area contributed by atoms with Crippen LogP contribution in [0.15, 0.2) is 0 Å². The van der Waals surface area contributed by atoms with Gasteiger partial charge in [-0.15, -0.1) is 0 Å². The van der Waals surface area contributed by atoms with Crippen LogP contribution >= 0.6 is 0 Å². The molecule has 0 aromatic carbocycles. The number of carbonyl (C=O) groups excluding carboxylic acids is 3. The highest BCUT2D eigenvalue weighted by molar-refractivity contribution is 5.74.